The molecule has 0 radical (unpaired) electrons. The Balaban J connectivity index is 2.19. The SMILES string of the molecule is CS(=O)(=O)c1cccc(-c2nc3ncnc(N)c3[nH]2)c1. The third-order valence-electron chi connectivity index (χ3n) is 2.85. The Hall–Kier alpha value is -2.48. The van der Waals surface area contributed by atoms with Crippen molar-refractivity contribution in [3.05, 3.63) is 30.6 Å². The fourth-order valence-corrected chi connectivity index (χ4v) is 2.52. The van der Waals surface area contributed by atoms with Crippen molar-refractivity contribution in [1.82, 2.24) is 19.9 Å². The number of nitrogens with one attached hydrogen (secondary N) is 1. The molecule has 1 aromatic carbocycles. The maximum absolute atomic E-state index is 11.6. The summed E-state index contributed by atoms with van der Waals surface area (Å²) in [6.45, 7) is 0. The van der Waals surface area contributed by atoms with E-state index in [9.17, 15) is 8.42 Å². The van der Waals surface area contributed by atoms with Gasteiger partial charge in [-0.05, 0) is 12.1 Å². The molecule has 0 atom stereocenters. The van der Waals surface area contributed by atoms with Crippen molar-refractivity contribution in [2.45, 2.75) is 4.90 Å². The van der Waals surface area contributed by atoms with Crippen LogP contribution in [0.2, 0.25) is 0 Å². The van der Waals surface area contributed by atoms with E-state index in [-0.39, 0.29) is 4.90 Å². The Morgan fingerprint density at radius 2 is 2.05 bits per heavy atom. The minimum Gasteiger partial charge on any atom is -0.382 e. The van der Waals surface area contributed by atoms with Gasteiger partial charge in [0.25, 0.3) is 0 Å². The molecule has 0 amide bonds. The summed E-state index contributed by atoms with van der Waals surface area (Å²) >= 11 is 0. The highest BCUT2D eigenvalue weighted by Gasteiger charge is 2.12. The summed E-state index contributed by atoms with van der Waals surface area (Å²) in [5, 5.41) is 0. The van der Waals surface area contributed by atoms with Crippen molar-refractivity contribution in [3.63, 3.8) is 0 Å². The first-order chi connectivity index (χ1) is 9.45. The van der Waals surface area contributed by atoms with E-state index in [1.54, 1.807) is 18.2 Å². The average Bonchev–Trinajstić information content (AvgIpc) is 2.83. The Morgan fingerprint density at radius 1 is 1.25 bits per heavy atom. The first-order valence-corrected chi connectivity index (χ1v) is 7.61. The zero-order valence-electron chi connectivity index (χ0n) is 10.5. The van der Waals surface area contributed by atoms with Crippen LogP contribution in [0.25, 0.3) is 22.6 Å². The number of hydrogen-bond donors (Lipinski definition) is 2. The summed E-state index contributed by atoms with van der Waals surface area (Å²) < 4.78 is 23.1. The maximum Gasteiger partial charge on any atom is 0.183 e. The van der Waals surface area contributed by atoms with Gasteiger partial charge in [0.15, 0.2) is 21.3 Å². The normalized spacial score (nSPS) is 11.8. The van der Waals surface area contributed by atoms with Gasteiger partial charge in [0.05, 0.1) is 4.90 Å². The van der Waals surface area contributed by atoms with E-state index >= 15 is 0 Å². The van der Waals surface area contributed by atoms with E-state index < -0.39 is 9.84 Å². The van der Waals surface area contributed by atoms with E-state index in [1.807, 2.05) is 0 Å². The van der Waals surface area contributed by atoms with Crippen LogP contribution in [-0.4, -0.2) is 34.6 Å². The number of nitrogens with zero attached hydrogens (tertiary/aromatic N) is 3. The van der Waals surface area contributed by atoms with Crippen LogP contribution in [0.1, 0.15) is 0 Å². The minimum absolute atomic E-state index is 0.231. The third kappa shape index (κ3) is 2.10. The van der Waals surface area contributed by atoms with E-state index in [0.29, 0.717) is 28.4 Å². The number of aromatic amines is 1. The number of sulfone groups is 1. The Bertz CT molecular complexity index is 901. The first kappa shape index (κ1) is 12.5. The van der Waals surface area contributed by atoms with Gasteiger partial charge in [-0.25, -0.2) is 23.4 Å². The highest BCUT2D eigenvalue weighted by atomic mass is 32.2. The van der Waals surface area contributed by atoms with Gasteiger partial charge in [0.1, 0.15) is 17.7 Å². The standard InChI is InChI=1S/C12H11N5O2S/c1-20(18,19)8-4-2-3-7(5-8)11-16-9-10(13)14-6-15-12(9)17-11/h2-6H,1H3,(H3,13,14,15,16,17). The lowest BCUT2D eigenvalue weighted by atomic mass is 10.2. The molecule has 0 fully saturated rings. The molecule has 20 heavy (non-hydrogen) atoms. The van der Waals surface area contributed by atoms with E-state index in [4.69, 9.17) is 5.73 Å². The Kier molecular flexibility index (Phi) is 2.68. The average molecular weight is 289 g/mol. The van der Waals surface area contributed by atoms with Crippen LogP contribution in [0.3, 0.4) is 0 Å². The Morgan fingerprint density at radius 3 is 2.75 bits per heavy atom. The molecule has 3 rings (SSSR count). The Labute approximate surface area is 114 Å². The predicted octanol–water partition coefficient (Wildman–Crippen LogP) is 1.01. The monoisotopic (exact) mass is 289 g/mol. The minimum atomic E-state index is -3.27. The molecule has 0 aliphatic rings. The summed E-state index contributed by atoms with van der Waals surface area (Å²) in [4.78, 5) is 15.4. The van der Waals surface area contributed by atoms with Crippen LogP contribution in [0.4, 0.5) is 5.82 Å². The quantitative estimate of drug-likeness (QED) is 0.727. The van der Waals surface area contributed by atoms with E-state index in [2.05, 4.69) is 19.9 Å². The fraction of sp³-hybridized carbons (Fsp3) is 0.0833. The summed E-state index contributed by atoms with van der Waals surface area (Å²) in [5.41, 5.74) is 7.35. The van der Waals surface area contributed by atoms with Crippen molar-refractivity contribution in [2.24, 2.45) is 0 Å². The van der Waals surface area contributed by atoms with Gasteiger partial charge in [-0.3, -0.25) is 0 Å². The van der Waals surface area contributed by atoms with Crippen molar-refractivity contribution < 1.29 is 8.42 Å². The van der Waals surface area contributed by atoms with Crippen LogP contribution >= 0.6 is 0 Å². The fourth-order valence-electron chi connectivity index (χ4n) is 1.86. The number of H-pyrrole nitrogens is 1. The number of fused-ring (bicyclic) bond motifs is 1. The molecule has 0 bridgehead atoms. The van der Waals surface area contributed by atoms with Gasteiger partial charge >= 0.3 is 0 Å². The second-order valence-corrected chi connectivity index (χ2v) is 6.36. The van der Waals surface area contributed by atoms with Gasteiger partial charge in [-0.1, -0.05) is 12.1 Å². The third-order valence-corrected chi connectivity index (χ3v) is 3.96. The number of rotatable bonds is 2. The second kappa shape index (κ2) is 4.27. The molecule has 0 saturated carbocycles. The van der Waals surface area contributed by atoms with Gasteiger partial charge in [-0.15, -0.1) is 0 Å². The number of anilines is 1. The second-order valence-electron chi connectivity index (χ2n) is 4.34. The van der Waals surface area contributed by atoms with Crippen molar-refractivity contribution in [2.75, 3.05) is 12.0 Å². The topological polar surface area (TPSA) is 115 Å². The highest BCUT2D eigenvalue weighted by Crippen LogP contribution is 2.23. The summed E-state index contributed by atoms with van der Waals surface area (Å²) in [6, 6.07) is 6.51. The summed E-state index contributed by atoms with van der Waals surface area (Å²) in [5.74, 6) is 0.797. The summed E-state index contributed by atoms with van der Waals surface area (Å²) in [7, 11) is -3.27. The van der Waals surface area contributed by atoms with Crippen LogP contribution in [-0.2, 0) is 9.84 Å². The van der Waals surface area contributed by atoms with Crippen LogP contribution in [0.5, 0.6) is 0 Å². The molecule has 0 saturated heterocycles. The van der Waals surface area contributed by atoms with Gasteiger partial charge < -0.3 is 10.7 Å². The molecule has 0 spiro atoms. The molecule has 0 unspecified atom stereocenters. The largest absolute Gasteiger partial charge is 0.382 e. The number of hydrogen-bond acceptors (Lipinski definition) is 6. The van der Waals surface area contributed by atoms with Gasteiger partial charge in [0, 0.05) is 11.8 Å². The molecule has 7 nitrogen and oxygen atoms in total. The number of benzene rings is 1. The molecule has 0 aliphatic carbocycles. The van der Waals surface area contributed by atoms with E-state index in [1.165, 1.54) is 12.4 Å². The zero-order valence-corrected chi connectivity index (χ0v) is 11.3. The lowest BCUT2D eigenvalue weighted by Crippen LogP contribution is -1.97. The molecule has 0 aliphatic heterocycles. The molecular formula is C12H11N5O2S. The van der Waals surface area contributed by atoms with Crippen molar-refractivity contribution >= 4 is 26.8 Å². The molecule has 8 heteroatoms. The van der Waals surface area contributed by atoms with Crippen LogP contribution in [0, 0.1) is 0 Å². The highest BCUT2D eigenvalue weighted by molar-refractivity contribution is 7.90. The molecular weight excluding hydrogens is 278 g/mol. The summed E-state index contributed by atoms with van der Waals surface area (Å²) in [6.07, 6.45) is 2.49. The van der Waals surface area contributed by atoms with Gasteiger partial charge in [-0.2, -0.15) is 0 Å². The predicted molar refractivity (Wildman–Crippen MR) is 74.6 cm³/mol. The number of aromatic nitrogens is 4. The molecule has 2 aromatic heterocycles. The maximum atomic E-state index is 11.6. The van der Waals surface area contributed by atoms with E-state index in [0.717, 1.165) is 6.26 Å². The van der Waals surface area contributed by atoms with Crippen molar-refractivity contribution in [1.29, 1.82) is 0 Å². The number of imidazole rings is 1. The van der Waals surface area contributed by atoms with Crippen LogP contribution < -0.4 is 5.73 Å². The molecule has 2 heterocycles. The molecule has 3 aromatic rings. The first-order valence-electron chi connectivity index (χ1n) is 5.72. The lowest BCUT2D eigenvalue weighted by Gasteiger charge is -2.00. The molecule has 3 N–H and O–H groups in total. The smallest absolute Gasteiger partial charge is 0.183 e. The number of nitrogen functional groups attached to an aromatic ring is 1. The number of nitrogens with two attached hydrogens (primary N) is 1. The van der Waals surface area contributed by atoms with Gasteiger partial charge in [0.2, 0.25) is 0 Å². The molecule has 102 valence electrons. The van der Waals surface area contributed by atoms with Crippen molar-refractivity contribution in [3.8, 4) is 11.4 Å². The lowest BCUT2D eigenvalue weighted by molar-refractivity contribution is 0.602. The van der Waals surface area contributed by atoms with Crippen LogP contribution in [0.15, 0.2) is 35.5 Å². The zero-order chi connectivity index (χ0) is 14.3.